The molecule has 0 bridgehead atoms. The molecule has 0 radical (unpaired) electrons. The number of rotatable bonds is 7. The summed E-state index contributed by atoms with van der Waals surface area (Å²) in [4.78, 5) is 21.9. The summed E-state index contributed by atoms with van der Waals surface area (Å²) in [5, 5.41) is 11.0. The second-order valence-corrected chi connectivity index (χ2v) is 6.85. The number of hydrogen-bond acceptors (Lipinski definition) is 6. The number of nitrogens with one attached hydrogen (secondary N) is 3. The first-order chi connectivity index (χ1) is 12.5. The number of aliphatic imine (C=N–C) groups is 1. The molecule has 2 rings (SSSR count). The minimum absolute atomic E-state index is 0.00126. The summed E-state index contributed by atoms with van der Waals surface area (Å²) >= 11 is 0. The Morgan fingerprint density at radius 3 is 2.85 bits per heavy atom. The second kappa shape index (κ2) is 10.5. The van der Waals surface area contributed by atoms with Gasteiger partial charge in [0.15, 0.2) is 0 Å². The first-order valence-electron chi connectivity index (χ1n) is 9.47. The Kier molecular flexibility index (Phi) is 8.34. The summed E-state index contributed by atoms with van der Waals surface area (Å²) < 4.78 is 5.85. The van der Waals surface area contributed by atoms with Gasteiger partial charge in [0.25, 0.3) is 0 Å². The van der Waals surface area contributed by atoms with Crippen LogP contribution in [0.1, 0.15) is 33.6 Å². The minimum Gasteiger partial charge on any atom is -0.478 e. The van der Waals surface area contributed by atoms with Crippen LogP contribution in [0.5, 0.6) is 0 Å². The molecule has 8 heteroatoms. The normalized spacial score (nSPS) is 25.2. The van der Waals surface area contributed by atoms with E-state index in [9.17, 15) is 4.79 Å². The largest absolute Gasteiger partial charge is 0.478 e. The van der Waals surface area contributed by atoms with E-state index in [1.165, 1.54) is 6.42 Å². The summed E-state index contributed by atoms with van der Waals surface area (Å²) in [6.45, 7) is 10.6. The Morgan fingerprint density at radius 2 is 2.23 bits per heavy atom. The molecule has 3 N–H and O–H groups in total. The highest BCUT2D eigenvalue weighted by Gasteiger charge is 2.24. The Balaban J connectivity index is 1.78. The van der Waals surface area contributed by atoms with Gasteiger partial charge in [-0.25, -0.2) is 4.79 Å². The van der Waals surface area contributed by atoms with Crippen LogP contribution in [0.25, 0.3) is 0 Å². The van der Waals surface area contributed by atoms with Crippen LogP contribution >= 0.6 is 0 Å². The third kappa shape index (κ3) is 6.26. The van der Waals surface area contributed by atoms with Crippen molar-refractivity contribution in [1.29, 1.82) is 0 Å². The smallest absolute Gasteiger partial charge is 0.319 e. The second-order valence-electron chi connectivity index (χ2n) is 6.85. The quantitative estimate of drug-likeness (QED) is 0.466. The van der Waals surface area contributed by atoms with Crippen LogP contribution in [0, 0.1) is 5.92 Å². The van der Waals surface area contributed by atoms with Crippen LogP contribution in [0.2, 0.25) is 0 Å². The molecule has 0 spiro atoms. The molecule has 1 unspecified atom stereocenters. The van der Waals surface area contributed by atoms with Crippen molar-refractivity contribution in [2.75, 3.05) is 46.4 Å². The highest BCUT2D eigenvalue weighted by atomic mass is 16.7. The van der Waals surface area contributed by atoms with Crippen molar-refractivity contribution in [2.45, 2.75) is 39.7 Å². The number of hydroxylamine groups is 2. The molecule has 2 aliphatic rings. The fraction of sp³-hybridized carbons (Fsp3) is 0.778. The van der Waals surface area contributed by atoms with Crippen LogP contribution in [-0.4, -0.2) is 69.5 Å². The van der Waals surface area contributed by atoms with E-state index >= 15 is 0 Å². The third-order valence-electron chi connectivity index (χ3n) is 4.88. The number of amides is 2. The third-order valence-corrected chi connectivity index (χ3v) is 4.88. The summed E-state index contributed by atoms with van der Waals surface area (Å²) in [5.41, 5.74) is 1.57. The Bertz CT molecular complexity index is 529. The number of likely N-dealkylation sites (N-methyl/N-ethyl adjacent to an activating group) is 1. The molecule has 2 amide bonds. The molecule has 2 fully saturated rings. The van der Waals surface area contributed by atoms with E-state index in [0.29, 0.717) is 31.6 Å². The zero-order valence-electron chi connectivity index (χ0n) is 16.4. The number of ether oxygens (including phenoxy) is 1. The average molecular weight is 367 g/mol. The van der Waals surface area contributed by atoms with Gasteiger partial charge in [0.1, 0.15) is 0 Å². The highest BCUT2D eigenvalue weighted by molar-refractivity contribution is 5.94. The van der Waals surface area contributed by atoms with Crippen LogP contribution in [0.3, 0.4) is 0 Å². The maximum Gasteiger partial charge on any atom is 0.319 e. The summed E-state index contributed by atoms with van der Waals surface area (Å²) in [7, 11) is 1.71. The van der Waals surface area contributed by atoms with Crippen LogP contribution in [-0.2, 0) is 9.57 Å². The van der Waals surface area contributed by atoms with E-state index in [1.54, 1.807) is 7.05 Å². The van der Waals surface area contributed by atoms with E-state index in [0.717, 1.165) is 37.3 Å². The molecule has 0 aliphatic carbocycles. The first kappa shape index (κ1) is 20.7. The molecule has 2 heterocycles. The van der Waals surface area contributed by atoms with Crippen molar-refractivity contribution < 1.29 is 14.4 Å². The van der Waals surface area contributed by atoms with Gasteiger partial charge in [-0.1, -0.05) is 6.92 Å². The van der Waals surface area contributed by atoms with Gasteiger partial charge in [0, 0.05) is 31.4 Å². The van der Waals surface area contributed by atoms with Gasteiger partial charge in [-0.15, -0.1) is 0 Å². The van der Waals surface area contributed by atoms with E-state index in [-0.39, 0.29) is 12.1 Å². The lowest BCUT2D eigenvalue weighted by Gasteiger charge is -2.16. The lowest BCUT2D eigenvalue weighted by Crippen LogP contribution is -2.44. The fourth-order valence-electron chi connectivity index (χ4n) is 3.12. The molecular weight excluding hydrogens is 334 g/mol. The van der Waals surface area contributed by atoms with Crippen molar-refractivity contribution in [3.8, 4) is 0 Å². The van der Waals surface area contributed by atoms with E-state index in [4.69, 9.17) is 9.57 Å². The molecule has 26 heavy (non-hydrogen) atoms. The van der Waals surface area contributed by atoms with Gasteiger partial charge in [-0.05, 0) is 45.7 Å². The number of carbonyl (C=O) groups excluding carboxylic acids is 1. The van der Waals surface area contributed by atoms with Crippen molar-refractivity contribution in [2.24, 2.45) is 10.9 Å². The lowest BCUT2D eigenvalue weighted by atomic mass is 10.1. The van der Waals surface area contributed by atoms with Gasteiger partial charge < -0.3 is 20.7 Å². The molecule has 2 atom stereocenters. The molecule has 2 saturated heterocycles. The number of urea groups is 1. The van der Waals surface area contributed by atoms with Gasteiger partial charge in [-0.2, -0.15) is 5.06 Å². The Labute approximate surface area is 156 Å². The maximum atomic E-state index is 12.2. The summed E-state index contributed by atoms with van der Waals surface area (Å²) in [6.07, 6.45) is 2.22. The Morgan fingerprint density at radius 1 is 1.42 bits per heavy atom. The molecule has 0 aromatic heterocycles. The van der Waals surface area contributed by atoms with Crippen LogP contribution in [0.4, 0.5) is 4.79 Å². The average Bonchev–Trinajstić information content (AvgIpc) is 3.29. The zero-order chi connectivity index (χ0) is 18.9. The van der Waals surface area contributed by atoms with E-state index in [2.05, 4.69) is 20.9 Å². The van der Waals surface area contributed by atoms with Crippen molar-refractivity contribution in [1.82, 2.24) is 21.0 Å². The predicted octanol–water partition coefficient (Wildman–Crippen LogP) is 1.26. The predicted molar refractivity (Wildman–Crippen MR) is 102 cm³/mol. The number of hydrogen-bond donors (Lipinski definition) is 3. The molecule has 148 valence electrons. The van der Waals surface area contributed by atoms with E-state index < -0.39 is 0 Å². The van der Waals surface area contributed by atoms with Crippen molar-refractivity contribution in [3.05, 3.63) is 11.3 Å². The molecule has 0 saturated carbocycles. The number of carbonyl (C=O) groups is 1. The number of allylic oxidation sites excluding steroid dienone is 1. The lowest BCUT2D eigenvalue weighted by molar-refractivity contribution is -0.105. The molecule has 8 nitrogen and oxygen atoms in total. The number of nitrogens with zero attached hydrogens (tertiary/aromatic N) is 2. The molecule has 2 aliphatic heterocycles. The molecular formula is C18H33N5O3. The minimum atomic E-state index is -0.235. The topological polar surface area (TPSA) is 87.2 Å². The summed E-state index contributed by atoms with van der Waals surface area (Å²) in [5.74, 6) is 1.26. The first-order valence-corrected chi connectivity index (χ1v) is 9.47. The SMILES string of the molecule is CCN1C[C@@H](NC(=O)N/C(C)=C(C)/C(=N\C)OCCC2CCNC2)CO1. The zero-order valence-corrected chi connectivity index (χ0v) is 16.4. The maximum absolute atomic E-state index is 12.2. The standard InChI is InChI=1S/C18H33N5O3/c1-5-23-11-16(12-26-23)22-18(24)21-14(3)13(2)17(19-4)25-9-7-15-6-8-20-10-15/h15-16,20H,5-12H2,1-4H3,(H2,21,22,24)/b14-13+,19-17+/t15?,16-/m1/s1. The monoisotopic (exact) mass is 367 g/mol. The molecule has 0 aromatic rings. The molecule has 0 aromatic carbocycles. The van der Waals surface area contributed by atoms with Crippen LogP contribution < -0.4 is 16.0 Å². The van der Waals surface area contributed by atoms with Crippen molar-refractivity contribution in [3.63, 3.8) is 0 Å². The van der Waals surface area contributed by atoms with Crippen molar-refractivity contribution >= 4 is 11.9 Å². The van der Waals surface area contributed by atoms with Gasteiger partial charge in [0.2, 0.25) is 5.90 Å². The Hall–Kier alpha value is -1.64. The van der Waals surface area contributed by atoms with Gasteiger partial charge in [-0.3, -0.25) is 9.83 Å². The van der Waals surface area contributed by atoms with Gasteiger partial charge in [0.05, 0.1) is 19.3 Å². The van der Waals surface area contributed by atoms with E-state index in [1.807, 2.05) is 25.8 Å². The fourth-order valence-corrected chi connectivity index (χ4v) is 3.12. The van der Waals surface area contributed by atoms with Gasteiger partial charge >= 0.3 is 6.03 Å². The van der Waals surface area contributed by atoms with Crippen LogP contribution in [0.15, 0.2) is 16.3 Å². The summed E-state index contributed by atoms with van der Waals surface area (Å²) in [6, 6.07) is -0.237. The highest BCUT2D eigenvalue weighted by Crippen LogP contribution is 2.13.